The number of allylic oxidation sites excluding steroid dienone is 3. The molecule has 0 aliphatic heterocycles. The molecule has 0 saturated carbocycles. The Balaban J connectivity index is 3.78. The number of unbranched alkanes of at least 4 members (excludes halogenated alkanes) is 5. The first kappa shape index (κ1) is 22.9. The molecule has 0 heterocycles. The van der Waals surface area contributed by atoms with Gasteiger partial charge in [-0.15, -0.1) is 0 Å². The zero-order valence-electron chi connectivity index (χ0n) is 15.8. The van der Waals surface area contributed by atoms with Crippen molar-refractivity contribution in [3.8, 4) is 0 Å². The maximum atomic E-state index is 11.7. The third-order valence-corrected chi connectivity index (χ3v) is 3.88. The van der Waals surface area contributed by atoms with Gasteiger partial charge in [0.1, 0.15) is 0 Å². The lowest BCUT2D eigenvalue weighted by Gasteiger charge is -2.21. The van der Waals surface area contributed by atoms with E-state index in [9.17, 15) is 4.79 Å². The fourth-order valence-electron chi connectivity index (χ4n) is 2.46. The van der Waals surface area contributed by atoms with Crippen LogP contribution in [0.15, 0.2) is 24.3 Å². The molecule has 0 atom stereocenters. The summed E-state index contributed by atoms with van der Waals surface area (Å²) in [5.74, 6) is -0.0138. The molecule has 140 valence electrons. The Morgan fingerprint density at radius 1 is 0.958 bits per heavy atom. The smallest absolute Gasteiger partial charge is 0.243 e. The van der Waals surface area contributed by atoms with Gasteiger partial charge in [-0.1, -0.05) is 44.9 Å². The van der Waals surface area contributed by atoms with Gasteiger partial charge < -0.3 is 10.4 Å². The molecular formula is C20H38N2O2. The molecule has 0 radical (unpaired) electrons. The highest BCUT2D eigenvalue weighted by Crippen LogP contribution is 2.01. The Labute approximate surface area is 149 Å². The lowest BCUT2D eigenvalue weighted by atomic mass is 10.2. The molecule has 0 aromatic heterocycles. The minimum atomic E-state index is -0.0138. The van der Waals surface area contributed by atoms with Crippen LogP contribution in [0.4, 0.5) is 0 Å². The molecule has 0 aliphatic rings. The molecule has 1 amide bonds. The lowest BCUT2D eigenvalue weighted by molar-refractivity contribution is -0.116. The Kier molecular flexibility index (Phi) is 17.4. The van der Waals surface area contributed by atoms with Crippen molar-refractivity contribution in [3.05, 3.63) is 24.3 Å². The summed E-state index contributed by atoms with van der Waals surface area (Å²) in [6.45, 7) is 7.57. The highest BCUT2D eigenvalue weighted by molar-refractivity contribution is 5.87. The Morgan fingerprint density at radius 3 is 2.42 bits per heavy atom. The van der Waals surface area contributed by atoms with Gasteiger partial charge in [0.15, 0.2) is 0 Å². The van der Waals surface area contributed by atoms with Crippen molar-refractivity contribution in [1.29, 1.82) is 0 Å². The molecule has 24 heavy (non-hydrogen) atoms. The molecule has 0 aliphatic carbocycles. The van der Waals surface area contributed by atoms with Gasteiger partial charge in [0.05, 0.1) is 6.61 Å². The maximum absolute atomic E-state index is 11.7. The highest BCUT2D eigenvalue weighted by atomic mass is 16.3. The monoisotopic (exact) mass is 338 g/mol. The van der Waals surface area contributed by atoms with Gasteiger partial charge in [-0.25, -0.2) is 0 Å². The van der Waals surface area contributed by atoms with E-state index < -0.39 is 0 Å². The Hall–Kier alpha value is -1.13. The molecule has 0 spiro atoms. The second-order valence-corrected chi connectivity index (χ2v) is 6.13. The first-order chi connectivity index (χ1) is 11.7. The summed E-state index contributed by atoms with van der Waals surface area (Å²) in [6.07, 6.45) is 17.1. The van der Waals surface area contributed by atoms with Crippen LogP contribution in [-0.4, -0.2) is 48.7 Å². The molecular weight excluding hydrogens is 300 g/mol. The van der Waals surface area contributed by atoms with E-state index in [0.29, 0.717) is 13.1 Å². The van der Waals surface area contributed by atoms with Gasteiger partial charge in [0.25, 0.3) is 0 Å². The van der Waals surface area contributed by atoms with E-state index >= 15 is 0 Å². The van der Waals surface area contributed by atoms with Gasteiger partial charge >= 0.3 is 0 Å². The zero-order valence-corrected chi connectivity index (χ0v) is 15.8. The number of rotatable bonds is 16. The second kappa shape index (κ2) is 18.2. The van der Waals surface area contributed by atoms with Crippen molar-refractivity contribution in [2.45, 2.75) is 65.2 Å². The molecule has 4 heteroatoms. The standard InChI is InChI=1S/C20H38N2O2/c1-3-5-7-9-11-13-16-22(18-19-23)17-15-21-20(24)14-12-10-8-6-4-2/h5,7,12,14,23H,3-4,6,8-11,13,15-19H2,1-2H3,(H,21,24)/b7-5+,14-12+. The van der Waals surface area contributed by atoms with Crippen LogP contribution in [0.5, 0.6) is 0 Å². The number of carbonyl (C=O) groups excluding carboxylic acids is 1. The second-order valence-electron chi connectivity index (χ2n) is 6.13. The van der Waals surface area contributed by atoms with Crippen LogP contribution in [0.1, 0.15) is 65.2 Å². The van der Waals surface area contributed by atoms with Gasteiger partial charge in [-0.3, -0.25) is 9.69 Å². The summed E-state index contributed by atoms with van der Waals surface area (Å²) in [6, 6.07) is 0. The number of hydrogen-bond donors (Lipinski definition) is 2. The molecule has 2 N–H and O–H groups in total. The van der Waals surface area contributed by atoms with Crippen LogP contribution >= 0.6 is 0 Å². The van der Waals surface area contributed by atoms with Crippen molar-refractivity contribution in [2.75, 3.05) is 32.8 Å². The Morgan fingerprint density at radius 2 is 1.71 bits per heavy atom. The lowest BCUT2D eigenvalue weighted by Crippen LogP contribution is -2.36. The first-order valence-corrected chi connectivity index (χ1v) is 9.67. The van der Waals surface area contributed by atoms with E-state index in [1.54, 1.807) is 6.08 Å². The fourth-order valence-corrected chi connectivity index (χ4v) is 2.46. The third-order valence-electron chi connectivity index (χ3n) is 3.88. The molecule has 0 aromatic rings. The summed E-state index contributed by atoms with van der Waals surface area (Å²) in [4.78, 5) is 13.9. The van der Waals surface area contributed by atoms with Crippen molar-refractivity contribution >= 4 is 5.91 Å². The third kappa shape index (κ3) is 15.8. The van der Waals surface area contributed by atoms with Gasteiger partial charge in [0.2, 0.25) is 5.91 Å². The number of amides is 1. The largest absolute Gasteiger partial charge is 0.395 e. The maximum Gasteiger partial charge on any atom is 0.243 e. The van der Waals surface area contributed by atoms with E-state index in [2.05, 4.69) is 36.2 Å². The van der Waals surface area contributed by atoms with Crippen molar-refractivity contribution in [3.63, 3.8) is 0 Å². The molecule has 0 aromatic carbocycles. The number of aliphatic hydroxyl groups excluding tert-OH is 1. The van der Waals surface area contributed by atoms with Crippen molar-refractivity contribution in [2.24, 2.45) is 0 Å². The highest BCUT2D eigenvalue weighted by Gasteiger charge is 2.04. The molecule has 0 bridgehead atoms. The minimum absolute atomic E-state index is 0.0138. The van der Waals surface area contributed by atoms with Crippen LogP contribution in [0.2, 0.25) is 0 Å². The summed E-state index contributed by atoms with van der Waals surface area (Å²) in [5.41, 5.74) is 0. The van der Waals surface area contributed by atoms with E-state index in [0.717, 1.165) is 45.2 Å². The van der Waals surface area contributed by atoms with E-state index in [1.165, 1.54) is 19.3 Å². The SMILES string of the molecule is CC/C=C/CCCCN(CCO)CCNC(=O)/C=C/CCCCC. The number of hydrogen-bond acceptors (Lipinski definition) is 3. The van der Waals surface area contributed by atoms with E-state index in [-0.39, 0.29) is 12.5 Å². The predicted molar refractivity (Wildman–Crippen MR) is 103 cm³/mol. The van der Waals surface area contributed by atoms with Gasteiger partial charge in [-0.2, -0.15) is 0 Å². The number of carbonyl (C=O) groups is 1. The minimum Gasteiger partial charge on any atom is -0.395 e. The van der Waals surface area contributed by atoms with Gasteiger partial charge in [-0.05, 0) is 51.1 Å². The summed E-state index contributed by atoms with van der Waals surface area (Å²) >= 11 is 0. The predicted octanol–water partition coefficient (Wildman–Crippen LogP) is 3.67. The summed E-state index contributed by atoms with van der Waals surface area (Å²) in [7, 11) is 0. The Bertz CT molecular complexity index is 341. The number of nitrogens with one attached hydrogen (secondary N) is 1. The van der Waals surface area contributed by atoms with Gasteiger partial charge in [0, 0.05) is 19.6 Å². The van der Waals surface area contributed by atoms with Crippen LogP contribution in [0.25, 0.3) is 0 Å². The van der Waals surface area contributed by atoms with Crippen molar-refractivity contribution < 1.29 is 9.90 Å². The first-order valence-electron chi connectivity index (χ1n) is 9.67. The molecule has 0 fully saturated rings. The number of nitrogens with zero attached hydrogens (tertiary/aromatic N) is 1. The summed E-state index contributed by atoms with van der Waals surface area (Å²) < 4.78 is 0. The van der Waals surface area contributed by atoms with Crippen LogP contribution in [0, 0.1) is 0 Å². The molecule has 4 nitrogen and oxygen atoms in total. The molecule has 0 saturated heterocycles. The molecule has 0 rings (SSSR count). The quantitative estimate of drug-likeness (QED) is 0.256. The zero-order chi connectivity index (χ0) is 17.9. The fraction of sp³-hybridized carbons (Fsp3) is 0.750. The van der Waals surface area contributed by atoms with E-state index in [1.807, 2.05) is 6.08 Å². The topological polar surface area (TPSA) is 52.6 Å². The van der Waals surface area contributed by atoms with E-state index in [4.69, 9.17) is 5.11 Å². The average Bonchev–Trinajstić information content (AvgIpc) is 2.57. The average molecular weight is 339 g/mol. The van der Waals surface area contributed by atoms with Crippen LogP contribution < -0.4 is 5.32 Å². The normalized spacial score (nSPS) is 11.8. The molecule has 0 unspecified atom stereocenters. The van der Waals surface area contributed by atoms with Crippen molar-refractivity contribution in [1.82, 2.24) is 10.2 Å². The van der Waals surface area contributed by atoms with Crippen LogP contribution in [0.3, 0.4) is 0 Å². The van der Waals surface area contributed by atoms with Crippen LogP contribution in [-0.2, 0) is 4.79 Å². The summed E-state index contributed by atoms with van der Waals surface area (Å²) in [5, 5.41) is 12.1. The number of aliphatic hydroxyl groups is 1.